The summed E-state index contributed by atoms with van der Waals surface area (Å²) >= 11 is 0. The number of rotatable bonds is 3. The van der Waals surface area contributed by atoms with Crippen molar-refractivity contribution in [3.05, 3.63) is 18.0 Å². The molecule has 10 heavy (non-hydrogen) atoms. The van der Waals surface area contributed by atoms with E-state index in [2.05, 4.69) is 5.10 Å². The SMILES string of the molecule is CCOCn1ccc(C)n1. The summed E-state index contributed by atoms with van der Waals surface area (Å²) in [6.07, 6.45) is 1.91. The van der Waals surface area contributed by atoms with E-state index in [1.165, 1.54) is 0 Å². The number of hydrogen-bond donors (Lipinski definition) is 0. The molecule has 0 bridgehead atoms. The van der Waals surface area contributed by atoms with Crippen molar-refractivity contribution in [2.75, 3.05) is 6.61 Å². The van der Waals surface area contributed by atoms with Gasteiger partial charge in [-0.3, -0.25) is 0 Å². The van der Waals surface area contributed by atoms with Crippen LogP contribution in [-0.2, 0) is 11.5 Å². The Bertz CT molecular complexity index is 195. The van der Waals surface area contributed by atoms with E-state index in [9.17, 15) is 0 Å². The van der Waals surface area contributed by atoms with Crippen molar-refractivity contribution in [1.82, 2.24) is 9.78 Å². The Hall–Kier alpha value is -0.830. The Morgan fingerprint density at radius 2 is 2.50 bits per heavy atom. The van der Waals surface area contributed by atoms with Gasteiger partial charge >= 0.3 is 0 Å². The van der Waals surface area contributed by atoms with Crippen LogP contribution in [0.4, 0.5) is 0 Å². The predicted molar refractivity (Wildman–Crippen MR) is 38.6 cm³/mol. The predicted octanol–water partition coefficient (Wildman–Crippen LogP) is 1.19. The first-order chi connectivity index (χ1) is 4.83. The molecule has 0 N–H and O–H groups in total. The summed E-state index contributed by atoms with van der Waals surface area (Å²) in [6, 6.07) is 1.96. The van der Waals surface area contributed by atoms with Gasteiger partial charge in [0.15, 0.2) is 0 Å². The van der Waals surface area contributed by atoms with Crippen LogP contribution in [0.1, 0.15) is 12.6 Å². The topological polar surface area (TPSA) is 27.1 Å². The van der Waals surface area contributed by atoms with E-state index in [-0.39, 0.29) is 0 Å². The number of ether oxygens (including phenoxy) is 1. The van der Waals surface area contributed by atoms with Crippen molar-refractivity contribution >= 4 is 0 Å². The van der Waals surface area contributed by atoms with Gasteiger partial charge in [0.1, 0.15) is 6.73 Å². The molecule has 3 nitrogen and oxygen atoms in total. The quantitative estimate of drug-likeness (QED) is 0.630. The zero-order valence-corrected chi connectivity index (χ0v) is 6.37. The zero-order chi connectivity index (χ0) is 7.40. The zero-order valence-electron chi connectivity index (χ0n) is 6.37. The van der Waals surface area contributed by atoms with Gasteiger partial charge in [0.2, 0.25) is 0 Å². The smallest absolute Gasteiger partial charge is 0.139 e. The van der Waals surface area contributed by atoms with Gasteiger partial charge in [0, 0.05) is 12.8 Å². The van der Waals surface area contributed by atoms with Gasteiger partial charge in [-0.05, 0) is 19.9 Å². The molecule has 0 spiro atoms. The Morgan fingerprint density at radius 1 is 1.70 bits per heavy atom. The minimum absolute atomic E-state index is 0.560. The van der Waals surface area contributed by atoms with Crippen molar-refractivity contribution in [3.8, 4) is 0 Å². The Labute approximate surface area is 60.6 Å². The van der Waals surface area contributed by atoms with Crippen LogP contribution in [0.3, 0.4) is 0 Å². The van der Waals surface area contributed by atoms with Crippen molar-refractivity contribution < 1.29 is 4.74 Å². The van der Waals surface area contributed by atoms with E-state index in [1.807, 2.05) is 26.1 Å². The highest BCUT2D eigenvalue weighted by Gasteiger charge is 1.90. The molecule has 56 valence electrons. The van der Waals surface area contributed by atoms with E-state index >= 15 is 0 Å². The van der Waals surface area contributed by atoms with E-state index < -0.39 is 0 Å². The molecule has 0 aromatic carbocycles. The molecule has 1 heterocycles. The van der Waals surface area contributed by atoms with Crippen molar-refractivity contribution in [2.24, 2.45) is 0 Å². The summed E-state index contributed by atoms with van der Waals surface area (Å²) in [5.41, 5.74) is 1.03. The molecule has 0 aliphatic rings. The lowest BCUT2D eigenvalue weighted by molar-refractivity contribution is 0.0790. The summed E-state index contributed by atoms with van der Waals surface area (Å²) in [5.74, 6) is 0. The molecular weight excluding hydrogens is 128 g/mol. The number of hydrogen-bond acceptors (Lipinski definition) is 2. The van der Waals surface area contributed by atoms with Crippen molar-refractivity contribution in [1.29, 1.82) is 0 Å². The Morgan fingerprint density at radius 3 is 3.00 bits per heavy atom. The normalized spacial score (nSPS) is 10.2. The van der Waals surface area contributed by atoms with Gasteiger partial charge in [-0.25, -0.2) is 4.68 Å². The maximum atomic E-state index is 5.13. The highest BCUT2D eigenvalue weighted by Crippen LogP contribution is 1.92. The number of aryl methyl sites for hydroxylation is 1. The summed E-state index contributed by atoms with van der Waals surface area (Å²) < 4.78 is 6.91. The Balaban J connectivity index is 2.42. The van der Waals surface area contributed by atoms with Crippen LogP contribution < -0.4 is 0 Å². The average Bonchev–Trinajstić information content (AvgIpc) is 2.31. The summed E-state index contributed by atoms with van der Waals surface area (Å²) in [7, 11) is 0. The molecule has 0 atom stereocenters. The highest BCUT2D eigenvalue weighted by molar-refractivity contribution is 4.94. The third kappa shape index (κ3) is 1.84. The summed E-state index contributed by atoms with van der Waals surface area (Å²) in [4.78, 5) is 0. The van der Waals surface area contributed by atoms with Crippen LogP contribution in [-0.4, -0.2) is 16.4 Å². The monoisotopic (exact) mass is 140 g/mol. The van der Waals surface area contributed by atoms with Crippen LogP contribution in [0.2, 0.25) is 0 Å². The number of nitrogens with zero attached hydrogens (tertiary/aromatic N) is 2. The maximum absolute atomic E-state index is 5.13. The first-order valence-corrected chi connectivity index (χ1v) is 3.40. The van der Waals surface area contributed by atoms with Crippen LogP contribution in [0.25, 0.3) is 0 Å². The van der Waals surface area contributed by atoms with Gasteiger partial charge in [-0.15, -0.1) is 0 Å². The van der Waals surface area contributed by atoms with Gasteiger partial charge < -0.3 is 4.74 Å². The summed E-state index contributed by atoms with van der Waals surface area (Å²) in [5, 5.41) is 4.14. The van der Waals surface area contributed by atoms with E-state index in [4.69, 9.17) is 4.74 Å². The van der Waals surface area contributed by atoms with E-state index in [0.717, 1.165) is 12.3 Å². The molecule has 0 aliphatic heterocycles. The Kier molecular flexibility index (Phi) is 2.45. The van der Waals surface area contributed by atoms with E-state index in [0.29, 0.717) is 6.73 Å². The number of aromatic nitrogens is 2. The van der Waals surface area contributed by atoms with Crippen LogP contribution in [0, 0.1) is 6.92 Å². The molecule has 0 saturated heterocycles. The molecule has 1 aromatic heterocycles. The fourth-order valence-corrected chi connectivity index (χ4v) is 0.720. The third-order valence-electron chi connectivity index (χ3n) is 1.20. The molecule has 0 amide bonds. The van der Waals surface area contributed by atoms with E-state index in [1.54, 1.807) is 4.68 Å². The minimum atomic E-state index is 0.560. The fourth-order valence-electron chi connectivity index (χ4n) is 0.720. The van der Waals surface area contributed by atoms with Gasteiger partial charge in [-0.1, -0.05) is 0 Å². The second kappa shape index (κ2) is 3.37. The molecule has 0 radical (unpaired) electrons. The lowest BCUT2D eigenvalue weighted by Crippen LogP contribution is -2.02. The largest absolute Gasteiger partial charge is 0.360 e. The second-order valence-electron chi connectivity index (χ2n) is 2.12. The van der Waals surface area contributed by atoms with Gasteiger partial charge in [0.05, 0.1) is 5.69 Å². The molecule has 0 unspecified atom stereocenters. The first kappa shape index (κ1) is 7.28. The molecular formula is C7H12N2O. The van der Waals surface area contributed by atoms with Crippen molar-refractivity contribution in [2.45, 2.75) is 20.6 Å². The lowest BCUT2D eigenvalue weighted by atomic mass is 10.5. The standard InChI is InChI=1S/C7H12N2O/c1-3-10-6-9-5-4-7(2)8-9/h4-5H,3,6H2,1-2H3. The second-order valence-corrected chi connectivity index (χ2v) is 2.12. The van der Waals surface area contributed by atoms with Gasteiger partial charge in [-0.2, -0.15) is 5.10 Å². The molecule has 3 heteroatoms. The fraction of sp³-hybridized carbons (Fsp3) is 0.571. The van der Waals surface area contributed by atoms with Crippen LogP contribution in [0.5, 0.6) is 0 Å². The third-order valence-corrected chi connectivity index (χ3v) is 1.20. The first-order valence-electron chi connectivity index (χ1n) is 3.40. The molecule has 1 rings (SSSR count). The molecule has 1 aromatic rings. The average molecular weight is 140 g/mol. The van der Waals surface area contributed by atoms with Crippen LogP contribution in [0.15, 0.2) is 12.3 Å². The van der Waals surface area contributed by atoms with Crippen molar-refractivity contribution in [3.63, 3.8) is 0 Å². The lowest BCUT2D eigenvalue weighted by Gasteiger charge is -1.98. The van der Waals surface area contributed by atoms with Crippen LogP contribution >= 0.6 is 0 Å². The minimum Gasteiger partial charge on any atom is -0.360 e. The van der Waals surface area contributed by atoms with Gasteiger partial charge in [0.25, 0.3) is 0 Å². The maximum Gasteiger partial charge on any atom is 0.139 e. The molecule has 0 aliphatic carbocycles. The summed E-state index contributed by atoms with van der Waals surface area (Å²) in [6.45, 7) is 5.22. The molecule has 0 saturated carbocycles. The highest BCUT2D eigenvalue weighted by atomic mass is 16.5. The molecule has 0 fully saturated rings.